The standard InChI is InChI=1S/C12H14ClN3S/c1-16(2)12-4-3-9(13)5-11(12)15-7-10-6-14-8-17-10/h3-6,8,15H,7H2,1-2H3. The Balaban J connectivity index is 2.16. The molecule has 0 aliphatic heterocycles. The number of aromatic nitrogens is 1. The van der Waals surface area contributed by atoms with Crippen molar-refractivity contribution in [2.45, 2.75) is 6.54 Å². The second-order valence-electron chi connectivity index (χ2n) is 3.88. The molecule has 2 rings (SSSR count). The van der Waals surface area contributed by atoms with Crippen LogP contribution < -0.4 is 10.2 Å². The van der Waals surface area contributed by atoms with Crippen LogP contribution in [0.25, 0.3) is 0 Å². The summed E-state index contributed by atoms with van der Waals surface area (Å²) in [5.74, 6) is 0. The van der Waals surface area contributed by atoms with E-state index in [1.807, 2.05) is 44.0 Å². The fourth-order valence-electron chi connectivity index (χ4n) is 1.55. The number of hydrogen-bond donors (Lipinski definition) is 1. The van der Waals surface area contributed by atoms with E-state index in [4.69, 9.17) is 11.6 Å². The molecule has 3 nitrogen and oxygen atoms in total. The van der Waals surface area contributed by atoms with Gasteiger partial charge in [-0.2, -0.15) is 0 Å². The van der Waals surface area contributed by atoms with Crippen LogP contribution in [0.1, 0.15) is 4.88 Å². The Labute approximate surface area is 110 Å². The average Bonchev–Trinajstić information content (AvgIpc) is 2.78. The van der Waals surface area contributed by atoms with Crippen molar-refractivity contribution in [2.24, 2.45) is 0 Å². The summed E-state index contributed by atoms with van der Waals surface area (Å²) in [6.45, 7) is 0.770. The Morgan fingerprint density at radius 2 is 2.24 bits per heavy atom. The van der Waals surface area contributed by atoms with E-state index in [0.717, 1.165) is 22.9 Å². The number of nitrogens with one attached hydrogen (secondary N) is 1. The fraction of sp³-hybridized carbons (Fsp3) is 0.250. The molecule has 0 unspecified atom stereocenters. The lowest BCUT2D eigenvalue weighted by atomic mass is 10.2. The van der Waals surface area contributed by atoms with Crippen LogP contribution in [0.3, 0.4) is 0 Å². The molecule has 90 valence electrons. The zero-order chi connectivity index (χ0) is 12.3. The highest BCUT2D eigenvalue weighted by molar-refractivity contribution is 7.09. The van der Waals surface area contributed by atoms with Crippen molar-refractivity contribution in [3.63, 3.8) is 0 Å². The Morgan fingerprint density at radius 3 is 2.88 bits per heavy atom. The van der Waals surface area contributed by atoms with Crippen LogP contribution in [0.5, 0.6) is 0 Å². The number of halogens is 1. The van der Waals surface area contributed by atoms with Gasteiger partial charge in [-0.05, 0) is 18.2 Å². The molecule has 0 spiro atoms. The van der Waals surface area contributed by atoms with E-state index in [1.165, 1.54) is 4.88 Å². The number of nitrogens with zero attached hydrogens (tertiary/aromatic N) is 2. The van der Waals surface area contributed by atoms with Crippen LogP contribution >= 0.6 is 22.9 Å². The zero-order valence-electron chi connectivity index (χ0n) is 9.77. The van der Waals surface area contributed by atoms with E-state index in [2.05, 4.69) is 15.2 Å². The van der Waals surface area contributed by atoms with E-state index in [0.29, 0.717) is 0 Å². The molecule has 0 aliphatic rings. The third-order valence-corrected chi connectivity index (χ3v) is 3.39. The molecule has 0 fully saturated rings. The van der Waals surface area contributed by atoms with Crippen LogP contribution in [0.4, 0.5) is 11.4 Å². The summed E-state index contributed by atoms with van der Waals surface area (Å²) >= 11 is 7.65. The summed E-state index contributed by atoms with van der Waals surface area (Å²) in [7, 11) is 4.03. The highest BCUT2D eigenvalue weighted by Crippen LogP contribution is 2.28. The molecule has 1 N–H and O–H groups in total. The molecule has 5 heteroatoms. The zero-order valence-corrected chi connectivity index (χ0v) is 11.3. The summed E-state index contributed by atoms with van der Waals surface area (Å²) in [4.78, 5) is 7.32. The Hall–Kier alpha value is -1.26. The Bertz CT molecular complexity index is 483. The third kappa shape index (κ3) is 3.11. The molecule has 0 amide bonds. The molecular weight excluding hydrogens is 254 g/mol. The van der Waals surface area contributed by atoms with Crippen LogP contribution in [0.2, 0.25) is 5.02 Å². The topological polar surface area (TPSA) is 28.2 Å². The molecule has 2 aromatic rings. The van der Waals surface area contributed by atoms with Crippen LogP contribution in [0, 0.1) is 0 Å². The second-order valence-corrected chi connectivity index (χ2v) is 5.28. The van der Waals surface area contributed by atoms with Gasteiger partial charge in [0.1, 0.15) is 0 Å². The second kappa shape index (κ2) is 5.38. The molecule has 0 bridgehead atoms. The first-order chi connectivity index (χ1) is 8.16. The van der Waals surface area contributed by atoms with E-state index >= 15 is 0 Å². The maximum atomic E-state index is 6.01. The van der Waals surface area contributed by atoms with Crippen LogP contribution in [-0.2, 0) is 6.54 Å². The third-order valence-electron chi connectivity index (χ3n) is 2.38. The van der Waals surface area contributed by atoms with Crippen LogP contribution in [0.15, 0.2) is 29.9 Å². The first kappa shape index (κ1) is 12.2. The van der Waals surface area contributed by atoms with Crippen molar-refractivity contribution in [2.75, 3.05) is 24.3 Å². The molecular formula is C12H14ClN3S. The predicted molar refractivity (Wildman–Crippen MR) is 75.2 cm³/mol. The van der Waals surface area contributed by atoms with E-state index in [1.54, 1.807) is 11.3 Å². The van der Waals surface area contributed by atoms with Crippen molar-refractivity contribution in [1.82, 2.24) is 4.98 Å². The maximum absolute atomic E-state index is 6.01. The average molecular weight is 268 g/mol. The molecule has 0 saturated carbocycles. The number of rotatable bonds is 4. The van der Waals surface area contributed by atoms with E-state index in [-0.39, 0.29) is 0 Å². The van der Waals surface area contributed by atoms with Crippen LogP contribution in [-0.4, -0.2) is 19.1 Å². The largest absolute Gasteiger partial charge is 0.378 e. The summed E-state index contributed by atoms with van der Waals surface area (Å²) in [6.07, 6.45) is 1.87. The van der Waals surface area contributed by atoms with E-state index < -0.39 is 0 Å². The summed E-state index contributed by atoms with van der Waals surface area (Å²) in [5.41, 5.74) is 4.00. The van der Waals surface area contributed by atoms with Gasteiger partial charge in [0, 0.05) is 30.2 Å². The lowest BCUT2D eigenvalue weighted by molar-refractivity contribution is 1.11. The van der Waals surface area contributed by atoms with E-state index in [9.17, 15) is 0 Å². The molecule has 17 heavy (non-hydrogen) atoms. The molecule has 0 radical (unpaired) electrons. The maximum Gasteiger partial charge on any atom is 0.0794 e. The molecule has 1 aromatic heterocycles. The van der Waals surface area contributed by atoms with Gasteiger partial charge in [0.25, 0.3) is 0 Å². The van der Waals surface area contributed by atoms with Gasteiger partial charge in [0.15, 0.2) is 0 Å². The SMILES string of the molecule is CN(C)c1ccc(Cl)cc1NCc1cncs1. The summed E-state index contributed by atoms with van der Waals surface area (Å²) in [5, 5.41) is 4.12. The lowest BCUT2D eigenvalue weighted by Gasteiger charge is -2.18. The van der Waals surface area contributed by atoms with Gasteiger partial charge in [-0.1, -0.05) is 11.6 Å². The Morgan fingerprint density at radius 1 is 1.41 bits per heavy atom. The Kier molecular flexibility index (Phi) is 3.86. The van der Waals surface area contributed by atoms with Gasteiger partial charge in [0.05, 0.1) is 23.4 Å². The normalized spacial score (nSPS) is 10.3. The molecule has 1 heterocycles. The van der Waals surface area contributed by atoms with Gasteiger partial charge in [-0.25, -0.2) is 0 Å². The number of thiazole rings is 1. The predicted octanol–water partition coefficient (Wildman–Crippen LogP) is 3.47. The van der Waals surface area contributed by atoms with Gasteiger partial charge < -0.3 is 10.2 Å². The van der Waals surface area contributed by atoms with Gasteiger partial charge in [-0.15, -0.1) is 11.3 Å². The first-order valence-electron chi connectivity index (χ1n) is 5.25. The highest BCUT2D eigenvalue weighted by Gasteiger charge is 2.05. The lowest BCUT2D eigenvalue weighted by Crippen LogP contribution is -2.11. The van der Waals surface area contributed by atoms with Crippen molar-refractivity contribution < 1.29 is 0 Å². The van der Waals surface area contributed by atoms with Gasteiger partial charge in [-0.3, -0.25) is 4.98 Å². The van der Waals surface area contributed by atoms with Crippen molar-refractivity contribution in [1.29, 1.82) is 0 Å². The van der Waals surface area contributed by atoms with Crippen molar-refractivity contribution in [3.05, 3.63) is 39.8 Å². The molecule has 0 saturated heterocycles. The minimum atomic E-state index is 0.738. The molecule has 0 atom stereocenters. The number of benzene rings is 1. The van der Waals surface area contributed by atoms with Crippen molar-refractivity contribution in [3.8, 4) is 0 Å². The smallest absolute Gasteiger partial charge is 0.0794 e. The molecule has 0 aliphatic carbocycles. The van der Waals surface area contributed by atoms with Crippen molar-refractivity contribution >= 4 is 34.3 Å². The minimum absolute atomic E-state index is 0.738. The quantitative estimate of drug-likeness (QED) is 0.919. The summed E-state index contributed by atoms with van der Waals surface area (Å²) in [6, 6.07) is 5.85. The van der Waals surface area contributed by atoms with Gasteiger partial charge >= 0.3 is 0 Å². The first-order valence-corrected chi connectivity index (χ1v) is 6.50. The minimum Gasteiger partial charge on any atom is -0.378 e. The number of hydrogen-bond acceptors (Lipinski definition) is 4. The fourth-order valence-corrected chi connectivity index (χ4v) is 2.26. The highest BCUT2D eigenvalue weighted by atomic mass is 35.5. The molecule has 1 aromatic carbocycles. The monoisotopic (exact) mass is 267 g/mol. The van der Waals surface area contributed by atoms with Gasteiger partial charge in [0.2, 0.25) is 0 Å². The number of anilines is 2. The summed E-state index contributed by atoms with van der Waals surface area (Å²) < 4.78 is 0.